The summed E-state index contributed by atoms with van der Waals surface area (Å²) < 4.78 is 25.5. The van der Waals surface area contributed by atoms with E-state index in [1.807, 2.05) is 32.0 Å². The van der Waals surface area contributed by atoms with Crippen molar-refractivity contribution in [3.05, 3.63) is 29.3 Å². The molecule has 1 saturated carbocycles. The van der Waals surface area contributed by atoms with Crippen molar-refractivity contribution < 1.29 is 13.2 Å². The average molecular weight is 338 g/mol. The molecule has 0 aromatic heterocycles. The van der Waals surface area contributed by atoms with Gasteiger partial charge < -0.3 is 5.32 Å². The van der Waals surface area contributed by atoms with E-state index in [9.17, 15) is 13.2 Å². The van der Waals surface area contributed by atoms with Gasteiger partial charge in [-0.1, -0.05) is 30.5 Å². The minimum atomic E-state index is -3.28. The number of hydrogen-bond acceptors (Lipinski definition) is 3. The highest BCUT2D eigenvalue weighted by molar-refractivity contribution is 7.88. The Balaban J connectivity index is 1.96. The summed E-state index contributed by atoms with van der Waals surface area (Å²) in [6.45, 7) is 4.20. The standard InChI is InChI=1S/C17H26N2O3S/c1-13-8-9-16(14(2)12-13)18-17(20)10-11-19(23(3,21)22)15-6-4-5-7-15/h8-9,12,15H,4-7,10-11H2,1-3H3,(H,18,20). The lowest BCUT2D eigenvalue weighted by Crippen LogP contribution is -2.39. The second-order valence-corrected chi connectivity index (χ2v) is 8.36. The van der Waals surface area contributed by atoms with Gasteiger partial charge in [0.2, 0.25) is 15.9 Å². The van der Waals surface area contributed by atoms with Gasteiger partial charge in [0.25, 0.3) is 0 Å². The van der Waals surface area contributed by atoms with E-state index in [1.54, 1.807) is 0 Å². The molecule has 23 heavy (non-hydrogen) atoms. The van der Waals surface area contributed by atoms with Crippen LogP contribution in [0.4, 0.5) is 5.69 Å². The van der Waals surface area contributed by atoms with E-state index in [1.165, 1.54) is 10.6 Å². The minimum Gasteiger partial charge on any atom is -0.326 e. The SMILES string of the molecule is Cc1ccc(NC(=O)CCN(C2CCCC2)S(C)(=O)=O)c(C)c1. The molecule has 1 aliphatic carbocycles. The van der Waals surface area contributed by atoms with Gasteiger partial charge in [-0.15, -0.1) is 0 Å². The van der Waals surface area contributed by atoms with E-state index in [-0.39, 0.29) is 24.9 Å². The van der Waals surface area contributed by atoms with Gasteiger partial charge in [0.1, 0.15) is 0 Å². The number of carbonyl (C=O) groups excluding carboxylic acids is 1. The Kier molecular flexibility index (Phi) is 5.81. The fourth-order valence-electron chi connectivity index (χ4n) is 3.19. The van der Waals surface area contributed by atoms with Crippen molar-refractivity contribution in [1.82, 2.24) is 4.31 Å². The first kappa shape index (κ1) is 17.9. The number of aryl methyl sites for hydroxylation is 2. The molecule has 1 N–H and O–H groups in total. The van der Waals surface area contributed by atoms with E-state index in [2.05, 4.69) is 5.32 Å². The Morgan fingerprint density at radius 2 is 1.91 bits per heavy atom. The molecule has 0 radical (unpaired) electrons. The molecule has 0 aliphatic heterocycles. The van der Waals surface area contributed by atoms with Crippen LogP contribution in [0.2, 0.25) is 0 Å². The first-order chi connectivity index (χ1) is 10.8. The van der Waals surface area contributed by atoms with E-state index in [4.69, 9.17) is 0 Å². The van der Waals surface area contributed by atoms with Crippen molar-refractivity contribution >= 4 is 21.6 Å². The molecule has 128 valence electrons. The summed E-state index contributed by atoms with van der Waals surface area (Å²) in [6.07, 6.45) is 5.32. The van der Waals surface area contributed by atoms with Crippen molar-refractivity contribution in [2.24, 2.45) is 0 Å². The van der Waals surface area contributed by atoms with Gasteiger partial charge in [0.15, 0.2) is 0 Å². The Bertz CT molecular complexity index is 664. The number of nitrogens with zero attached hydrogens (tertiary/aromatic N) is 1. The van der Waals surface area contributed by atoms with Crippen LogP contribution < -0.4 is 5.32 Å². The van der Waals surface area contributed by atoms with Gasteiger partial charge in [-0.3, -0.25) is 4.79 Å². The molecule has 0 atom stereocenters. The number of anilines is 1. The second-order valence-electron chi connectivity index (χ2n) is 6.43. The summed E-state index contributed by atoms with van der Waals surface area (Å²) in [5.74, 6) is -0.149. The van der Waals surface area contributed by atoms with Crippen LogP contribution in [-0.4, -0.2) is 37.5 Å². The number of nitrogens with one attached hydrogen (secondary N) is 1. The molecule has 1 amide bonds. The topological polar surface area (TPSA) is 66.5 Å². The van der Waals surface area contributed by atoms with Gasteiger partial charge in [0, 0.05) is 24.7 Å². The molecule has 0 spiro atoms. The number of benzene rings is 1. The molecule has 0 bridgehead atoms. The Labute approximate surface area is 139 Å². The quantitative estimate of drug-likeness (QED) is 0.867. The van der Waals surface area contributed by atoms with E-state index < -0.39 is 10.0 Å². The average Bonchev–Trinajstić information content (AvgIpc) is 2.94. The third kappa shape index (κ3) is 5.04. The first-order valence-corrected chi connectivity index (χ1v) is 9.96. The molecule has 1 fully saturated rings. The second kappa shape index (κ2) is 7.45. The fraction of sp³-hybridized carbons (Fsp3) is 0.588. The van der Waals surface area contributed by atoms with Crippen LogP contribution in [0.15, 0.2) is 18.2 Å². The largest absolute Gasteiger partial charge is 0.326 e. The fourth-order valence-corrected chi connectivity index (χ4v) is 4.37. The lowest BCUT2D eigenvalue weighted by molar-refractivity contribution is -0.116. The molecular weight excluding hydrogens is 312 g/mol. The van der Waals surface area contributed by atoms with Crippen molar-refractivity contribution in [3.63, 3.8) is 0 Å². The zero-order valence-electron chi connectivity index (χ0n) is 14.1. The predicted octanol–water partition coefficient (Wildman–Crippen LogP) is 2.84. The maximum Gasteiger partial charge on any atom is 0.225 e. The number of rotatable bonds is 6. The van der Waals surface area contributed by atoms with Crippen molar-refractivity contribution in [2.45, 2.75) is 52.0 Å². The smallest absolute Gasteiger partial charge is 0.225 e. The van der Waals surface area contributed by atoms with Crippen LogP contribution >= 0.6 is 0 Å². The molecule has 1 aromatic rings. The van der Waals surface area contributed by atoms with Crippen LogP contribution in [0.25, 0.3) is 0 Å². The Morgan fingerprint density at radius 1 is 1.26 bits per heavy atom. The maximum absolute atomic E-state index is 12.2. The molecular formula is C17H26N2O3S. The van der Waals surface area contributed by atoms with Crippen LogP contribution in [0, 0.1) is 13.8 Å². The summed E-state index contributed by atoms with van der Waals surface area (Å²) >= 11 is 0. The summed E-state index contributed by atoms with van der Waals surface area (Å²) in [7, 11) is -3.28. The highest BCUT2D eigenvalue weighted by Gasteiger charge is 2.29. The zero-order chi connectivity index (χ0) is 17.0. The van der Waals surface area contributed by atoms with Crippen molar-refractivity contribution in [1.29, 1.82) is 0 Å². The monoisotopic (exact) mass is 338 g/mol. The van der Waals surface area contributed by atoms with Gasteiger partial charge in [0.05, 0.1) is 6.26 Å². The third-order valence-electron chi connectivity index (χ3n) is 4.37. The summed E-state index contributed by atoms with van der Waals surface area (Å²) in [6, 6.07) is 5.90. The van der Waals surface area contributed by atoms with Gasteiger partial charge in [-0.25, -0.2) is 8.42 Å². The van der Waals surface area contributed by atoms with Crippen LogP contribution in [-0.2, 0) is 14.8 Å². The van der Waals surface area contributed by atoms with E-state index in [0.29, 0.717) is 0 Å². The number of carbonyl (C=O) groups is 1. The molecule has 0 heterocycles. The van der Waals surface area contributed by atoms with Crippen molar-refractivity contribution in [3.8, 4) is 0 Å². The molecule has 6 heteroatoms. The van der Waals surface area contributed by atoms with E-state index in [0.717, 1.165) is 42.5 Å². The molecule has 5 nitrogen and oxygen atoms in total. The summed E-state index contributed by atoms with van der Waals surface area (Å²) in [5, 5.41) is 2.87. The van der Waals surface area contributed by atoms with Crippen LogP contribution in [0.1, 0.15) is 43.2 Å². The summed E-state index contributed by atoms with van der Waals surface area (Å²) in [4.78, 5) is 12.2. The van der Waals surface area contributed by atoms with Crippen molar-refractivity contribution in [2.75, 3.05) is 18.1 Å². The Morgan fingerprint density at radius 3 is 2.48 bits per heavy atom. The third-order valence-corrected chi connectivity index (χ3v) is 5.71. The number of hydrogen-bond donors (Lipinski definition) is 1. The lowest BCUT2D eigenvalue weighted by atomic mass is 10.1. The number of amides is 1. The normalized spacial score (nSPS) is 16.0. The van der Waals surface area contributed by atoms with Gasteiger partial charge in [-0.05, 0) is 38.3 Å². The molecule has 1 aliphatic rings. The minimum absolute atomic E-state index is 0.0545. The van der Waals surface area contributed by atoms with Gasteiger partial charge in [-0.2, -0.15) is 4.31 Å². The van der Waals surface area contributed by atoms with E-state index >= 15 is 0 Å². The maximum atomic E-state index is 12.2. The van der Waals surface area contributed by atoms with Gasteiger partial charge >= 0.3 is 0 Å². The Hall–Kier alpha value is -1.40. The van der Waals surface area contributed by atoms with Crippen LogP contribution in [0.3, 0.4) is 0 Å². The summed E-state index contributed by atoms with van der Waals surface area (Å²) in [5.41, 5.74) is 2.94. The first-order valence-electron chi connectivity index (χ1n) is 8.11. The lowest BCUT2D eigenvalue weighted by Gasteiger charge is -2.26. The molecule has 0 unspecified atom stereocenters. The number of sulfonamides is 1. The highest BCUT2D eigenvalue weighted by atomic mass is 32.2. The zero-order valence-corrected chi connectivity index (χ0v) is 14.9. The molecule has 2 rings (SSSR count). The van der Waals surface area contributed by atoms with Crippen LogP contribution in [0.5, 0.6) is 0 Å². The molecule has 1 aromatic carbocycles. The molecule has 0 saturated heterocycles. The highest BCUT2D eigenvalue weighted by Crippen LogP contribution is 2.25. The predicted molar refractivity (Wildman–Crippen MR) is 93.0 cm³/mol.